The first-order valence-corrected chi connectivity index (χ1v) is 8.19. The topological polar surface area (TPSA) is 78.5 Å². The molecule has 3 amide bonds. The van der Waals surface area contributed by atoms with Crippen LogP contribution in [0.4, 0.5) is 10.1 Å². The second-order valence-electron chi connectivity index (χ2n) is 6.06. The minimum atomic E-state index is -0.916. The lowest BCUT2D eigenvalue weighted by molar-refractivity contribution is -0.145. The van der Waals surface area contributed by atoms with Crippen LogP contribution in [0.25, 0.3) is 0 Å². The average molecular weight is 355 g/mol. The Hall–Kier alpha value is -3.22. The van der Waals surface area contributed by atoms with E-state index in [-0.39, 0.29) is 24.8 Å². The van der Waals surface area contributed by atoms with Crippen molar-refractivity contribution in [3.63, 3.8) is 0 Å². The highest BCUT2D eigenvalue weighted by molar-refractivity contribution is 6.00. The molecule has 1 fully saturated rings. The highest BCUT2D eigenvalue weighted by Gasteiger charge is 2.33. The summed E-state index contributed by atoms with van der Waals surface area (Å²) in [6.45, 7) is 0.271. The standard InChI is InChI=1S/C19H18FN3O3/c20-14-6-8-15(9-7-14)21-17(24)10-16-19(26)23(12-18(25)22-16)11-13-4-2-1-3-5-13/h1-9,16H,10-12H2,(H,21,24)(H,22,25). The molecule has 0 radical (unpaired) electrons. The summed E-state index contributed by atoms with van der Waals surface area (Å²) in [4.78, 5) is 38.1. The summed E-state index contributed by atoms with van der Waals surface area (Å²) in [5.41, 5.74) is 1.33. The maximum atomic E-state index is 12.9. The number of nitrogens with zero attached hydrogens (tertiary/aromatic N) is 1. The lowest BCUT2D eigenvalue weighted by atomic mass is 10.1. The number of hydrogen-bond acceptors (Lipinski definition) is 3. The molecule has 0 aliphatic carbocycles. The first kappa shape index (κ1) is 17.6. The summed E-state index contributed by atoms with van der Waals surface area (Å²) in [5.74, 6) is -1.45. The number of benzene rings is 2. The summed E-state index contributed by atoms with van der Waals surface area (Å²) in [7, 11) is 0. The van der Waals surface area contributed by atoms with Crippen molar-refractivity contribution in [2.24, 2.45) is 0 Å². The van der Waals surface area contributed by atoms with Gasteiger partial charge in [-0.2, -0.15) is 0 Å². The molecule has 2 aromatic carbocycles. The lowest BCUT2D eigenvalue weighted by Crippen LogP contribution is -2.58. The molecule has 0 bridgehead atoms. The molecule has 7 heteroatoms. The number of carbonyl (C=O) groups excluding carboxylic acids is 3. The Balaban J connectivity index is 1.62. The molecule has 1 unspecified atom stereocenters. The fourth-order valence-electron chi connectivity index (χ4n) is 2.78. The number of hydrogen-bond donors (Lipinski definition) is 2. The van der Waals surface area contributed by atoms with Gasteiger partial charge in [-0.05, 0) is 29.8 Å². The summed E-state index contributed by atoms with van der Waals surface area (Å²) in [6.07, 6.45) is -0.187. The number of amides is 3. The van der Waals surface area contributed by atoms with Crippen LogP contribution in [0.5, 0.6) is 0 Å². The molecule has 1 heterocycles. The van der Waals surface area contributed by atoms with Crippen molar-refractivity contribution < 1.29 is 18.8 Å². The van der Waals surface area contributed by atoms with Crippen LogP contribution in [0.1, 0.15) is 12.0 Å². The van der Waals surface area contributed by atoms with Crippen LogP contribution in [0.2, 0.25) is 0 Å². The van der Waals surface area contributed by atoms with Gasteiger partial charge in [-0.1, -0.05) is 30.3 Å². The average Bonchev–Trinajstić information content (AvgIpc) is 2.62. The van der Waals surface area contributed by atoms with Crippen molar-refractivity contribution in [3.8, 4) is 0 Å². The molecule has 6 nitrogen and oxygen atoms in total. The number of nitrogens with one attached hydrogen (secondary N) is 2. The zero-order valence-corrected chi connectivity index (χ0v) is 13.9. The predicted molar refractivity (Wildman–Crippen MR) is 93.4 cm³/mol. The number of rotatable bonds is 5. The molecule has 3 rings (SSSR count). The lowest BCUT2D eigenvalue weighted by Gasteiger charge is -2.32. The smallest absolute Gasteiger partial charge is 0.246 e. The van der Waals surface area contributed by atoms with Gasteiger partial charge in [0, 0.05) is 12.2 Å². The molecular formula is C19H18FN3O3. The Kier molecular flexibility index (Phi) is 5.26. The van der Waals surface area contributed by atoms with Gasteiger partial charge in [0.2, 0.25) is 17.7 Å². The Bertz CT molecular complexity index is 809. The Morgan fingerprint density at radius 3 is 2.50 bits per heavy atom. The number of halogens is 1. The van der Waals surface area contributed by atoms with Crippen molar-refractivity contribution >= 4 is 23.4 Å². The highest BCUT2D eigenvalue weighted by Crippen LogP contribution is 2.13. The largest absolute Gasteiger partial charge is 0.342 e. The van der Waals surface area contributed by atoms with E-state index in [2.05, 4.69) is 10.6 Å². The number of anilines is 1. The van der Waals surface area contributed by atoms with Gasteiger partial charge in [-0.15, -0.1) is 0 Å². The van der Waals surface area contributed by atoms with E-state index in [4.69, 9.17) is 0 Å². The number of carbonyl (C=O) groups is 3. The monoisotopic (exact) mass is 355 g/mol. The van der Waals surface area contributed by atoms with Gasteiger partial charge < -0.3 is 15.5 Å². The van der Waals surface area contributed by atoms with E-state index in [9.17, 15) is 18.8 Å². The third-order valence-corrected chi connectivity index (χ3v) is 4.01. The van der Waals surface area contributed by atoms with Crippen LogP contribution in [0.15, 0.2) is 54.6 Å². The van der Waals surface area contributed by atoms with Gasteiger partial charge in [0.05, 0.1) is 13.0 Å². The van der Waals surface area contributed by atoms with E-state index >= 15 is 0 Å². The Morgan fingerprint density at radius 2 is 1.81 bits per heavy atom. The van der Waals surface area contributed by atoms with E-state index in [1.807, 2.05) is 30.3 Å². The Labute approximate surface area is 150 Å². The van der Waals surface area contributed by atoms with E-state index in [0.29, 0.717) is 12.2 Å². The van der Waals surface area contributed by atoms with Gasteiger partial charge in [0.25, 0.3) is 0 Å². The van der Waals surface area contributed by atoms with Gasteiger partial charge in [0.15, 0.2) is 0 Å². The van der Waals surface area contributed by atoms with E-state index in [0.717, 1.165) is 5.56 Å². The van der Waals surface area contributed by atoms with Crippen LogP contribution < -0.4 is 10.6 Å². The van der Waals surface area contributed by atoms with Crippen molar-refractivity contribution in [3.05, 3.63) is 66.0 Å². The number of piperazine rings is 1. The molecule has 1 aliphatic rings. The minimum absolute atomic E-state index is 0.0379. The molecule has 1 aliphatic heterocycles. The third-order valence-electron chi connectivity index (χ3n) is 4.01. The van der Waals surface area contributed by atoms with Gasteiger partial charge >= 0.3 is 0 Å². The summed E-state index contributed by atoms with van der Waals surface area (Å²) < 4.78 is 12.9. The van der Waals surface area contributed by atoms with Crippen molar-refractivity contribution in [2.75, 3.05) is 11.9 Å². The summed E-state index contributed by atoms with van der Waals surface area (Å²) in [6, 6.07) is 13.7. The first-order valence-electron chi connectivity index (χ1n) is 8.19. The van der Waals surface area contributed by atoms with Gasteiger partial charge in [-0.25, -0.2) is 4.39 Å². The van der Waals surface area contributed by atoms with Crippen molar-refractivity contribution in [1.29, 1.82) is 0 Å². The van der Waals surface area contributed by atoms with E-state index in [1.54, 1.807) is 0 Å². The molecule has 134 valence electrons. The minimum Gasteiger partial charge on any atom is -0.342 e. The molecule has 0 aromatic heterocycles. The van der Waals surface area contributed by atoms with E-state index in [1.165, 1.54) is 29.2 Å². The Morgan fingerprint density at radius 1 is 1.12 bits per heavy atom. The van der Waals surface area contributed by atoms with Crippen LogP contribution >= 0.6 is 0 Å². The van der Waals surface area contributed by atoms with Crippen LogP contribution in [-0.4, -0.2) is 35.2 Å². The van der Waals surface area contributed by atoms with E-state index < -0.39 is 17.8 Å². The predicted octanol–water partition coefficient (Wildman–Crippen LogP) is 1.68. The fourth-order valence-corrected chi connectivity index (χ4v) is 2.78. The van der Waals surface area contributed by atoms with Crippen LogP contribution in [0, 0.1) is 5.82 Å². The highest BCUT2D eigenvalue weighted by atomic mass is 19.1. The van der Waals surface area contributed by atoms with Crippen LogP contribution in [0.3, 0.4) is 0 Å². The molecule has 0 saturated carbocycles. The zero-order valence-electron chi connectivity index (χ0n) is 13.9. The molecule has 2 N–H and O–H groups in total. The summed E-state index contributed by atoms with van der Waals surface area (Å²) >= 11 is 0. The maximum Gasteiger partial charge on any atom is 0.246 e. The molecule has 1 atom stereocenters. The van der Waals surface area contributed by atoms with Crippen molar-refractivity contribution in [2.45, 2.75) is 19.0 Å². The normalized spacial score (nSPS) is 17.0. The third kappa shape index (κ3) is 4.44. The second kappa shape index (κ2) is 7.77. The molecule has 0 spiro atoms. The summed E-state index contributed by atoms with van der Waals surface area (Å²) in [5, 5.41) is 5.15. The molecule has 26 heavy (non-hydrogen) atoms. The SMILES string of the molecule is O=C(CC1NC(=O)CN(Cc2ccccc2)C1=O)Nc1ccc(F)cc1. The molecule has 1 saturated heterocycles. The van der Waals surface area contributed by atoms with Gasteiger partial charge in [0.1, 0.15) is 11.9 Å². The van der Waals surface area contributed by atoms with Crippen LogP contribution in [-0.2, 0) is 20.9 Å². The quantitative estimate of drug-likeness (QED) is 0.857. The van der Waals surface area contributed by atoms with Gasteiger partial charge in [-0.3, -0.25) is 14.4 Å². The second-order valence-corrected chi connectivity index (χ2v) is 6.06. The molecule has 2 aromatic rings. The maximum absolute atomic E-state index is 12.9. The first-order chi connectivity index (χ1) is 12.5. The van der Waals surface area contributed by atoms with Crippen molar-refractivity contribution in [1.82, 2.24) is 10.2 Å². The fraction of sp³-hybridized carbons (Fsp3) is 0.211. The molecular weight excluding hydrogens is 337 g/mol. The zero-order chi connectivity index (χ0) is 18.5.